The van der Waals surface area contributed by atoms with Crippen molar-refractivity contribution in [1.82, 2.24) is 10.2 Å². The zero-order chi connectivity index (χ0) is 13.0. The second-order valence-electron chi connectivity index (χ2n) is 4.90. The van der Waals surface area contributed by atoms with Crippen molar-refractivity contribution in [2.24, 2.45) is 0 Å². The van der Waals surface area contributed by atoms with Crippen LogP contribution in [0.3, 0.4) is 0 Å². The molecular weight excluding hydrogens is 248 g/mol. The molecule has 0 saturated carbocycles. The maximum Gasteiger partial charge on any atom is 0.308 e. The van der Waals surface area contributed by atoms with E-state index in [4.69, 9.17) is 5.11 Å². The van der Waals surface area contributed by atoms with E-state index in [1.165, 1.54) is 17.7 Å². The van der Waals surface area contributed by atoms with Crippen LogP contribution in [0.2, 0.25) is 0 Å². The normalized spacial score (nSPS) is 18.1. The molecule has 0 aromatic carbocycles. The Labute approximate surface area is 112 Å². The quantitative estimate of drug-likeness (QED) is 0.851. The fourth-order valence-corrected chi connectivity index (χ4v) is 3.18. The number of carboxylic acid groups (broad SMARTS) is 1. The fraction of sp³-hybridized carbons (Fsp3) is 0.615. The summed E-state index contributed by atoms with van der Waals surface area (Å²) in [6, 6.07) is 4.56. The van der Waals surface area contributed by atoms with Gasteiger partial charge in [0.05, 0.1) is 6.42 Å². The molecule has 4 nitrogen and oxygen atoms in total. The highest BCUT2D eigenvalue weighted by Gasteiger charge is 2.16. The van der Waals surface area contributed by atoms with Crippen LogP contribution in [0.15, 0.2) is 12.1 Å². The molecule has 0 atom stereocenters. The Morgan fingerprint density at radius 1 is 1.44 bits per heavy atom. The molecule has 1 aliphatic heterocycles. The summed E-state index contributed by atoms with van der Waals surface area (Å²) < 4.78 is 0. The van der Waals surface area contributed by atoms with Crippen LogP contribution in [0.5, 0.6) is 0 Å². The first kappa shape index (κ1) is 13.5. The summed E-state index contributed by atoms with van der Waals surface area (Å²) >= 11 is 1.60. The summed E-state index contributed by atoms with van der Waals surface area (Å²) in [7, 11) is 2.16. The Bertz CT molecular complexity index is 397. The second-order valence-corrected chi connectivity index (χ2v) is 6.15. The van der Waals surface area contributed by atoms with Crippen molar-refractivity contribution in [3.8, 4) is 0 Å². The van der Waals surface area contributed by atoms with Gasteiger partial charge in [-0.25, -0.2) is 0 Å². The maximum atomic E-state index is 10.6. The van der Waals surface area contributed by atoms with Gasteiger partial charge in [0.25, 0.3) is 0 Å². The van der Waals surface area contributed by atoms with Crippen molar-refractivity contribution in [2.45, 2.75) is 31.8 Å². The van der Waals surface area contributed by atoms with Crippen molar-refractivity contribution in [3.63, 3.8) is 0 Å². The molecule has 0 radical (unpaired) electrons. The number of hydrogen-bond donors (Lipinski definition) is 2. The Kier molecular flexibility index (Phi) is 4.74. The molecular formula is C13H20N2O2S. The van der Waals surface area contributed by atoms with E-state index in [0.29, 0.717) is 6.04 Å². The van der Waals surface area contributed by atoms with E-state index in [1.54, 1.807) is 11.3 Å². The van der Waals surface area contributed by atoms with Gasteiger partial charge in [-0.1, -0.05) is 0 Å². The highest BCUT2D eigenvalue weighted by Crippen LogP contribution is 2.18. The zero-order valence-electron chi connectivity index (χ0n) is 10.7. The van der Waals surface area contributed by atoms with Gasteiger partial charge in [0.2, 0.25) is 0 Å². The lowest BCUT2D eigenvalue weighted by Gasteiger charge is -2.29. The molecule has 0 unspecified atom stereocenters. The van der Waals surface area contributed by atoms with Gasteiger partial charge in [0, 0.05) is 22.3 Å². The molecule has 2 rings (SSSR count). The SMILES string of the molecule is CN1CCC(NCc2ccc(CC(=O)O)s2)CC1. The van der Waals surface area contributed by atoms with E-state index in [9.17, 15) is 4.79 Å². The van der Waals surface area contributed by atoms with Gasteiger partial charge < -0.3 is 15.3 Å². The third-order valence-corrected chi connectivity index (χ3v) is 4.41. The fourth-order valence-electron chi connectivity index (χ4n) is 2.22. The number of aliphatic carboxylic acids is 1. The number of likely N-dealkylation sites (tertiary alicyclic amines) is 1. The van der Waals surface area contributed by atoms with Crippen LogP contribution in [0.1, 0.15) is 22.6 Å². The number of nitrogens with zero attached hydrogens (tertiary/aromatic N) is 1. The van der Waals surface area contributed by atoms with Crippen molar-refractivity contribution < 1.29 is 9.90 Å². The Hall–Kier alpha value is -0.910. The van der Waals surface area contributed by atoms with Crippen LogP contribution < -0.4 is 5.32 Å². The van der Waals surface area contributed by atoms with E-state index < -0.39 is 5.97 Å². The van der Waals surface area contributed by atoms with Crippen LogP contribution in [0, 0.1) is 0 Å². The lowest BCUT2D eigenvalue weighted by atomic mass is 10.1. The number of carbonyl (C=O) groups is 1. The predicted molar refractivity (Wildman–Crippen MR) is 73.0 cm³/mol. The minimum Gasteiger partial charge on any atom is -0.481 e. The zero-order valence-corrected chi connectivity index (χ0v) is 11.5. The summed E-state index contributed by atoms with van der Waals surface area (Å²) in [5.74, 6) is -0.758. The number of rotatable bonds is 5. The standard InChI is InChI=1S/C13H20N2O2S/c1-15-6-4-10(5-7-15)14-9-12-3-2-11(18-12)8-13(16)17/h2-3,10,14H,4-9H2,1H3,(H,16,17). The topological polar surface area (TPSA) is 52.6 Å². The second kappa shape index (κ2) is 6.31. The van der Waals surface area contributed by atoms with Gasteiger partial charge in [-0.15, -0.1) is 11.3 Å². The van der Waals surface area contributed by atoms with Crippen molar-refractivity contribution in [3.05, 3.63) is 21.9 Å². The third kappa shape index (κ3) is 4.08. The average Bonchev–Trinajstić information content (AvgIpc) is 2.75. The Morgan fingerprint density at radius 2 is 2.11 bits per heavy atom. The molecule has 0 aliphatic carbocycles. The number of thiophene rings is 1. The molecule has 2 N–H and O–H groups in total. The lowest BCUT2D eigenvalue weighted by Crippen LogP contribution is -2.40. The van der Waals surface area contributed by atoms with E-state index in [2.05, 4.69) is 17.3 Å². The van der Waals surface area contributed by atoms with E-state index in [0.717, 1.165) is 24.5 Å². The predicted octanol–water partition coefficient (Wildman–Crippen LogP) is 1.56. The molecule has 18 heavy (non-hydrogen) atoms. The first-order valence-corrected chi connectivity index (χ1v) is 7.16. The monoisotopic (exact) mass is 268 g/mol. The molecule has 100 valence electrons. The maximum absolute atomic E-state index is 10.6. The average molecular weight is 268 g/mol. The lowest BCUT2D eigenvalue weighted by molar-refractivity contribution is -0.136. The van der Waals surface area contributed by atoms with E-state index in [-0.39, 0.29) is 6.42 Å². The highest BCUT2D eigenvalue weighted by atomic mass is 32.1. The van der Waals surface area contributed by atoms with Crippen LogP contribution >= 0.6 is 11.3 Å². The van der Waals surface area contributed by atoms with Gasteiger partial charge >= 0.3 is 5.97 Å². The molecule has 1 aromatic heterocycles. The van der Waals surface area contributed by atoms with Gasteiger partial charge in [-0.2, -0.15) is 0 Å². The highest BCUT2D eigenvalue weighted by molar-refractivity contribution is 7.12. The van der Waals surface area contributed by atoms with Crippen LogP contribution in [0.4, 0.5) is 0 Å². The van der Waals surface area contributed by atoms with E-state index in [1.807, 2.05) is 12.1 Å². The summed E-state index contributed by atoms with van der Waals surface area (Å²) in [5.41, 5.74) is 0. The molecule has 1 aromatic rings. The number of carboxylic acids is 1. The molecule has 1 aliphatic rings. The Morgan fingerprint density at radius 3 is 2.78 bits per heavy atom. The van der Waals surface area contributed by atoms with Crippen molar-refractivity contribution >= 4 is 17.3 Å². The minimum atomic E-state index is -0.758. The van der Waals surface area contributed by atoms with Crippen LogP contribution in [0.25, 0.3) is 0 Å². The first-order chi connectivity index (χ1) is 8.63. The summed E-state index contributed by atoms with van der Waals surface area (Å²) in [5, 5.41) is 12.3. The number of nitrogens with one attached hydrogen (secondary N) is 1. The molecule has 0 bridgehead atoms. The van der Waals surface area contributed by atoms with Crippen molar-refractivity contribution in [2.75, 3.05) is 20.1 Å². The Balaban J connectivity index is 1.76. The number of hydrogen-bond acceptors (Lipinski definition) is 4. The van der Waals surface area contributed by atoms with Crippen LogP contribution in [-0.4, -0.2) is 42.2 Å². The van der Waals surface area contributed by atoms with Crippen molar-refractivity contribution in [1.29, 1.82) is 0 Å². The smallest absolute Gasteiger partial charge is 0.308 e. The summed E-state index contributed by atoms with van der Waals surface area (Å²) in [4.78, 5) is 15.1. The van der Waals surface area contributed by atoms with E-state index >= 15 is 0 Å². The minimum absolute atomic E-state index is 0.138. The number of piperidine rings is 1. The molecule has 0 spiro atoms. The van der Waals surface area contributed by atoms with Gasteiger partial charge in [-0.05, 0) is 45.1 Å². The van der Waals surface area contributed by atoms with Gasteiger partial charge in [0.1, 0.15) is 0 Å². The van der Waals surface area contributed by atoms with Crippen LogP contribution in [-0.2, 0) is 17.8 Å². The molecule has 5 heteroatoms. The molecule has 1 saturated heterocycles. The summed E-state index contributed by atoms with van der Waals surface area (Å²) in [6.45, 7) is 3.18. The largest absolute Gasteiger partial charge is 0.481 e. The molecule has 0 amide bonds. The molecule has 2 heterocycles. The molecule has 1 fully saturated rings. The summed E-state index contributed by atoms with van der Waals surface area (Å²) in [6.07, 6.45) is 2.53. The van der Waals surface area contributed by atoms with Gasteiger partial charge in [0.15, 0.2) is 0 Å². The van der Waals surface area contributed by atoms with Gasteiger partial charge in [-0.3, -0.25) is 4.79 Å². The third-order valence-electron chi connectivity index (χ3n) is 3.33. The first-order valence-electron chi connectivity index (χ1n) is 6.35.